The second kappa shape index (κ2) is 13.8. The van der Waals surface area contributed by atoms with Gasteiger partial charge in [-0.1, -0.05) is 30.3 Å². The SMILES string of the molecule is CC(C)n1cncc1CN1CC[C@](O)(c2ccccc2)[C@H](N2CCOCC2)C1.O=CO.O=CO. The molecule has 0 amide bonds. The Bertz CT molecular complexity index is 850. The van der Waals surface area contributed by atoms with Gasteiger partial charge in [0.1, 0.15) is 5.60 Å². The molecule has 1 aromatic heterocycles. The third-order valence-electron chi connectivity index (χ3n) is 6.24. The highest BCUT2D eigenvalue weighted by molar-refractivity contribution is 5.33. The summed E-state index contributed by atoms with van der Waals surface area (Å²) in [5.41, 5.74) is 1.44. The molecule has 0 radical (unpaired) electrons. The molecule has 0 aliphatic carbocycles. The molecule has 2 saturated heterocycles. The van der Waals surface area contributed by atoms with Crippen molar-refractivity contribution in [3.63, 3.8) is 0 Å². The predicted molar refractivity (Wildman–Crippen MR) is 126 cm³/mol. The van der Waals surface area contributed by atoms with Gasteiger partial charge in [-0.2, -0.15) is 0 Å². The van der Waals surface area contributed by atoms with E-state index in [1.165, 1.54) is 5.69 Å². The standard InChI is InChI=1S/C22H32N4O2.2CH2O2/c1-18(2)26-17-23-14-20(26)15-24-9-8-22(27,19-6-4-3-5-7-19)21(16-24)25-10-12-28-13-11-25;2*2-1-3/h3-7,14,17-18,21,27H,8-13,15-16H2,1-2H3;2*1H,(H,2,3)/t21-,22+;;/m1../s1. The highest BCUT2D eigenvalue weighted by Gasteiger charge is 2.46. The van der Waals surface area contributed by atoms with Crippen molar-refractivity contribution in [2.24, 2.45) is 0 Å². The van der Waals surface area contributed by atoms with Gasteiger partial charge in [0, 0.05) is 45.0 Å². The van der Waals surface area contributed by atoms with Crippen LogP contribution in [0.4, 0.5) is 0 Å². The van der Waals surface area contributed by atoms with E-state index in [0.29, 0.717) is 6.04 Å². The number of aromatic nitrogens is 2. The maximum Gasteiger partial charge on any atom is 0.290 e. The number of rotatable bonds is 5. The molecule has 10 heteroatoms. The third-order valence-corrected chi connectivity index (χ3v) is 6.24. The van der Waals surface area contributed by atoms with Crippen LogP contribution in [0.15, 0.2) is 42.9 Å². The summed E-state index contributed by atoms with van der Waals surface area (Å²) in [7, 11) is 0. The Labute approximate surface area is 200 Å². The van der Waals surface area contributed by atoms with Crippen molar-refractivity contribution in [2.75, 3.05) is 39.4 Å². The molecule has 10 nitrogen and oxygen atoms in total. The van der Waals surface area contributed by atoms with Crippen molar-refractivity contribution in [3.05, 3.63) is 54.1 Å². The largest absolute Gasteiger partial charge is 0.483 e. The fraction of sp³-hybridized carbons (Fsp3) is 0.542. The Morgan fingerprint density at radius 2 is 1.74 bits per heavy atom. The van der Waals surface area contributed by atoms with Gasteiger partial charge in [-0.15, -0.1) is 0 Å². The average molecular weight is 477 g/mol. The number of carbonyl (C=O) groups is 2. The van der Waals surface area contributed by atoms with Gasteiger partial charge >= 0.3 is 0 Å². The maximum absolute atomic E-state index is 11.8. The number of imidazole rings is 1. The first-order chi connectivity index (χ1) is 16.4. The highest BCUT2D eigenvalue weighted by Crippen LogP contribution is 2.36. The summed E-state index contributed by atoms with van der Waals surface area (Å²) in [4.78, 5) is 26.0. The second-order valence-corrected chi connectivity index (χ2v) is 8.54. The Morgan fingerprint density at radius 3 is 2.32 bits per heavy atom. The number of ether oxygens (including phenoxy) is 1. The van der Waals surface area contributed by atoms with Gasteiger partial charge in [0.15, 0.2) is 0 Å². The molecule has 2 aromatic rings. The molecule has 2 aliphatic heterocycles. The van der Waals surface area contributed by atoms with Crippen LogP contribution in [-0.4, -0.2) is 93.0 Å². The number of hydrogen-bond donors (Lipinski definition) is 3. The van der Waals surface area contributed by atoms with Gasteiger partial charge in [-0.3, -0.25) is 19.4 Å². The lowest BCUT2D eigenvalue weighted by molar-refractivity contribution is -0.123. The molecule has 0 bridgehead atoms. The third kappa shape index (κ3) is 7.10. The molecule has 2 aliphatic rings. The fourth-order valence-corrected chi connectivity index (χ4v) is 4.64. The van der Waals surface area contributed by atoms with Crippen molar-refractivity contribution < 1.29 is 29.6 Å². The lowest BCUT2D eigenvalue weighted by Gasteiger charge is -2.50. The summed E-state index contributed by atoms with van der Waals surface area (Å²) >= 11 is 0. The number of carboxylic acid groups (broad SMARTS) is 2. The van der Waals surface area contributed by atoms with E-state index in [-0.39, 0.29) is 19.0 Å². The number of likely N-dealkylation sites (tertiary alicyclic amines) is 1. The van der Waals surface area contributed by atoms with Crippen molar-refractivity contribution in [3.8, 4) is 0 Å². The first kappa shape index (κ1) is 27.5. The molecule has 0 spiro atoms. The summed E-state index contributed by atoms with van der Waals surface area (Å²) in [5, 5.41) is 25.6. The molecule has 2 atom stereocenters. The summed E-state index contributed by atoms with van der Waals surface area (Å²) < 4.78 is 7.81. The van der Waals surface area contributed by atoms with E-state index in [1.54, 1.807) is 0 Å². The van der Waals surface area contributed by atoms with E-state index >= 15 is 0 Å². The molecular weight excluding hydrogens is 440 g/mol. The van der Waals surface area contributed by atoms with E-state index in [9.17, 15) is 5.11 Å². The summed E-state index contributed by atoms with van der Waals surface area (Å²) in [6, 6.07) is 10.7. The number of nitrogens with zero attached hydrogens (tertiary/aromatic N) is 4. The van der Waals surface area contributed by atoms with Crippen LogP contribution in [0.25, 0.3) is 0 Å². The normalized spacial score (nSPS) is 23.2. The van der Waals surface area contributed by atoms with Crippen molar-refractivity contribution in [1.82, 2.24) is 19.4 Å². The Kier molecular flexibility index (Phi) is 11.1. The molecule has 2 fully saturated rings. The quantitative estimate of drug-likeness (QED) is 0.552. The number of morpholine rings is 1. The van der Waals surface area contributed by atoms with Crippen LogP contribution in [0.5, 0.6) is 0 Å². The predicted octanol–water partition coefficient (Wildman–Crippen LogP) is 1.66. The van der Waals surface area contributed by atoms with Crippen LogP contribution in [0, 0.1) is 0 Å². The van der Waals surface area contributed by atoms with E-state index in [4.69, 9.17) is 24.5 Å². The van der Waals surface area contributed by atoms with Crippen LogP contribution >= 0.6 is 0 Å². The minimum Gasteiger partial charge on any atom is -0.483 e. The lowest BCUT2D eigenvalue weighted by atomic mass is 9.79. The molecule has 188 valence electrons. The average Bonchev–Trinajstić information content (AvgIpc) is 3.31. The lowest BCUT2D eigenvalue weighted by Crippen LogP contribution is -2.62. The Morgan fingerprint density at radius 1 is 1.12 bits per heavy atom. The molecule has 4 rings (SSSR count). The van der Waals surface area contributed by atoms with Crippen LogP contribution in [0.3, 0.4) is 0 Å². The zero-order valence-corrected chi connectivity index (χ0v) is 19.9. The van der Waals surface area contributed by atoms with Gasteiger partial charge in [0.25, 0.3) is 12.9 Å². The van der Waals surface area contributed by atoms with Crippen LogP contribution in [0.2, 0.25) is 0 Å². The van der Waals surface area contributed by atoms with Gasteiger partial charge in [0.2, 0.25) is 0 Å². The van der Waals surface area contributed by atoms with E-state index in [1.807, 2.05) is 30.7 Å². The van der Waals surface area contributed by atoms with Gasteiger partial charge in [-0.05, 0) is 25.8 Å². The van der Waals surface area contributed by atoms with Crippen LogP contribution in [0.1, 0.15) is 37.6 Å². The Balaban J connectivity index is 0.000000618. The van der Waals surface area contributed by atoms with Crippen molar-refractivity contribution in [2.45, 2.75) is 44.5 Å². The summed E-state index contributed by atoms with van der Waals surface area (Å²) in [6.07, 6.45) is 4.63. The zero-order chi connectivity index (χ0) is 25.0. The van der Waals surface area contributed by atoms with Crippen molar-refractivity contribution in [1.29, 1.82) is 0 Å². The van der Waals surface area contributed by atoms with Crippen molar-refractivity contribution >= 4 is 12.9 Å². The molecular formula is C24H36N4O6. The highest BCUT2D eigenvalue weighted by atomic mass is 16.5. The fourth-order valence-electron chi connectivity index (χ4n) is 4.64. The molecule has 0 saturated carbocycles. The van der Waals surface area contributed by atoms with Gasteiger partial charge < -0.3 is 24.6 Å². The minimum atomic E-state index is -0.826. The number of benzene rings is 1. The first-order valence-electron chi connectivity index (χ1n) is 11.4. The Hall–Kier alpha value is -2.79. The van der Waals surface area contributed by atoms with Gasteiger partial charge in [-0.25, -0.2) is 4.98 Å². The van der Waals surface area contributed by atoms with E-state index in [0.717, 1.165) is 57.9 Å². The topological polar surface area (TPSA) is 128 Å². The molecule has 1 aromatic carbocycles. The van der Waals surface area contributed by atoms with Gasteiger partial charge in [0.05, 0.1) is 31.3 Å². The summed E-state index contributed by atoms with van der Waals surface area (Å²) in [5.74, 6) is 0. The molecule has 3 heterocycles. The number of piperidine rings is 1. The monoisotopic (exact) mass is 476 g/mol. The number of hydrogen-bond acceptors (Lipinski definition) is 7. The molecule has 0 unspecified atom stereocenters. The second-order valence-electron chi connectivity index (χ2n) is 8.54. The van der Waals surface area contributed by atoms with E-state index in [2.05, 4.69) is 45.3 Å². The maximum atomic E-state index is 11.8. The molecule has 3 N–H and O–H groups in total. The molecule has 34 heavy (non-hydrogen) atoms. The summed E-state index contributed by atoms with van der Waals surface area (Å²) in [6.45, 7) is 9.67. The van der Waals surface area contributed by atoms with Crippen LogP contribution < -0.4 is 0 Å². The first-order valence-corrected chi connectivity index (χ1v) is 11.4. The van der Waals surface area contributed by atoms with Crippen LogP contribution in [-0.2, 0) is 26.5 Å². The minimum absolute atomic E-state index is 0.0583. The smallest absolute Gasteiger partial charge is 0.290 e. The zero-order valence-electron chi connectivity index (χ0n) is 19.9. The van der Waals surface area contributed by atoms with E-state index < -0.39 is 5.60 Å². The number of aliphatic hydroxyl groups is 1.